The van der Waals surface area contributed by atoms with Gasteiger partial charge in [-0.1, -0.05) is 0 Å². The number of hydrogen-bond donors (Lipinski definition) is 2. The number of carbonyl (C=O) groups is 1. The van der Waals surface area contributed by atoms with E-state index in [4.69, 9.17) is 9.84 Å². The topological polar surface area (TPSA) is 71.5 Å². The van der Waals surface area contributed by atoms with Crippen LogP contribution in [0.2, 0.25) is 0 Å². The van der Waals surface area contributed by atoms with Gasteiger partial charge in [0.2, 0.25) is 0 Å². The maximum absolute atomic E-state index is 12.5. The summed E-state index contributed by atoms with van der Waals surface area (Å²) in [5.41, 5.74) is -0.185. The summed E-state index contributed by atoms with van der Waals surface area (Å²) in [6.07, 6.45) is -4.11. The van der Waals surface area contributed by atoms with Crippen LogP contribution < -0.4 is 5.32 Å². The second-order valence-electron chi connectivity index (χ2n) is 4.78. The molecule has 0 aliphatic heterocycles. The van der Waals surface area contributed by atoms with Crippen LogP contribution in [0, 0.1) is 0 Å². The maximum Gasteiger partial charge on any atom is 0.433 e. The zero-order valence-corrected chi connectivity index (χ0v) is 13.2. The zero-order valence-electron chi connectivity index (χ0n) is 12.4. The molecule has 0 spiro atoms. The molecule has 0 aromatic carbocycles. The molecule has 0 fully saturated rings. The molecule has 0 radical (unpaired) electrons. The molecule has 5 nitrogen and oxygen atoms in total. The number of aliphatic hydroxyl groups excluding tert-OH is 1. The van der Waals surface area contributed by atoms with Crippen molar-refractivity contribution in [2.24, 2.45) is 0 Å². The van der Waals surface area contributed by atoms with Crippen molar-refractivity contribution in [3.8, 4) is 0 Å². The molecule has 1 atom stereocenters. The SMILES string of the molecule is O=C(NC[C@@H](OCCO)c1ccsc1)c1ccc(C(F)(F)F)nc1. The third-order valence-corrected chi connectivity index (χ3v) is 3.79. The van der Waals surface area contributed by atoms with Gasteiger partial charge >= 0.3 is 6.18 Å². The van der Waals surface area contributed by atoms with Crippen LogP contribution in [0.3, 0.4) is 0 Å². The van der Waals surface area contributed by atoms with Crippen molar-refractivity contribution >= 4 is 17.2 Å². The van der Waals surface area contributed by atoms with Gasteiger partial charge in [-0.2, -0.15) is 24.5 Å². The Bertz CT molecular complexity index is 645. The summed E-state index contributed by atoms with van der Waals surface area (Å²) in [6, 6.07) is 3.66. The lowest BCUT2D eigenvalue weighted by Gasteiger charge is -2.17. The maximum atomic E-state index is 12.5. The largest absolute Gasteiger partial charge is 0.433 e. The Hall–Kier alpha value is -1.97. The molecule has 0 saturated carbocycles. The first-order chi connectivity index (χ1) is 11.4. The van der Waals surface area contributed by atoms with E-state index in [0.717, 1.165) is 23.9 Å². The van der Waals surface area contributed by atoms with Crippen LogP contribution in [-0.2, 0) is 10.9 Å². The van der Waals surface area contributed by atoms with E-state index in [1.54, 1.807) is 0 Å². The van der Waals surface area contributed by atoms with Crippen LogP contribution in [0.1, 0.15) is 27.7 Å². The first-order valence-corrected chi connectivity index (χ1v) is 7.92. The number of pyridine rings is 1. The van der Waals surface area contributed by atoms with Gasteiger partial charge in [0, 0.05) is 12.7 Å². The van der Waals surface area contributed by atoms with E-state index < -0.39 is 23.9 Å². The van der Waals surface area contributed by atoms with Gasteiger partial charge in [-0.3, -0.25) is 9.78 Å². The molecule has 2 aromatic rings. The van der Waals surface area contributed by atoms with Crippen LogP contribution in [0.25, 0.3) is 0 Å². The number of thiophene rings is 1. The van der Waals surface area contributed by atoms with Crippen LogP contribution >= 0.6 is 11.3 Å². The highest BCUT2D eigenvalue weighted by atomic mass is 32.1. The van der Waals surface area contributed by atoms with Gasteiger partial charge in [-0.05, 0) is 34.5 Å². The predicted octanol–water partition coefficient (Wildman–Crippen LogP) is 2.64. The predicted molar refractivity (Wildman–Crippen MR) is 81.7 cm³/mol. The molecular formula is C15H15F3N2O3S. The molecule has 2 aromatic heterocycles. The van der Waals surface area contributed by atoms with Crippen molar-refractivity contribution in [1.82, 2.24) is 10.3 Å². The molecule has 2 N–H and O–H groups in total. The summed E-state index contributed by atoms with van der Waals surface area (Å²) >= 11 is 1.46. The summed E-state index contributed by atoms with van der Waals surface area (Å²) in [5, 5.41) is 15.2. The minimum absolute atomic E-state index is 0.0224. The highest BCUT2D eigenvalue weighted by molar-refractivity contribution is 7.07. The number of amides is 1. The van der Waals surface area contributed by atoms with E-state index in [9.17, 15) is 18.0 Å². The van der Waals surface area contributed by atoms with Crippen LogP contribution in [0.5, 0.6) is 0 Å². The quantitative estimate of drug-likeness (QED) is 0.796. The molecule has 0 bridgehead atoms. The monoisotopic (exact) mass is 360 g/mol. The molecule has 2 heterocycles. The summed E-state index contributed by atoms with van der Waals surface area (Å²) in [4.78, 5) is 15.3. The van der Waals surface area contributed by atoms with Gasteiger partial charge in [-0.15, -0.1) is 0 Å². The Morgan fingerprint density at radius 3 is 2.71 bits per heavy atom. The van der Waals surface area contributed by atoms with E-state index in [0.29, 0.717) is 0 Å². The van der Waals surface area contributed by atoms with Gasteiger partial charge in [0.15, 0.2) is 0 Å². The third kappa shape index (κ3) is 5.02. The van der Waals surface area contributed by atoms with Gasteiger partial charge in [-0.25, -0.2) is 0 Å². The number of ether oxygens (including phenoxy) is 1. The van der Waals surface area contributed by atoms with Crippen molar-refractivity contribution in [3.63, 3.8) is 0 Å². The minimum Gasteiger partial charge on any atom is -0.394 e. The average molecular weight is 360 g/mol. The van der Waals surface area contributed by atoms with Gasteiger partial charge in [0.25, 0.3) is 5.91 Å². The van der Waals surface area contributed by atoms with E-state index >= 15 is 0 Å². The average Bonchev–Trinajstić information content (AvgIpc) is 3.08. The van der Waals surface area contributed by atoms with E-state index in [2.05, 4.69) is 10.3 Å². The molecule has 24 heavy (non-hydrogen) atoms. The number of nitrogens with zero attached hydrogens (tertiary/aromatic N) is 1. The normalized spacial score (nSPS) is 12.8. The van der Waals surface area contributed by atoms with Crippen LogP contribution in [-0.4, -0.2) is 35.8 Å². The highest BCUT2D eigenvalue weighted by Gasteiger charge is 2.32. The first-order valence-electron chi connectivity index (χ1n) is 6.98. The molecule has 130 valence electrons. The molecular weight excluding hydrogens is 345 g/mol. The second-order valence-corrected chi connectivity index (χ2v) is 5.56. The lowest BCUT2D eigenvalue weighted by molar-refractivity contribution is -0.141. The van der Waals surface area contributed by atoms with Gasteiger partial charge < -0.3 is 15.2 Å². The lowest BCUT2D eigenvalue weighted by atomic mass is 10.2. The molecule has 9 heteroatoms. The zero-order chi connectivity index (χ0) is 17.6. The van der Waals surface area contributed by atoms with E-state index in [-0.39, 0.29) is 25.3 Å². The third-order valence-electron chi connectivity index (χ3n) is 3.09. The van der Waals surface area contributed by atoms with Crippen molar-refractivity contribution in [3.05, 3.63) is 52.0 Å². The van der Waals surface area contributed by atoms with Crippen molar-refractivity contribution in [2.75, 3.05) is 19.8 Å². The Morgan fingerprint density at radius 2 is 2.17 bits per heavy atom. The number of halogens is 3. The molecule has 0 unspecified atom stereocenters. The van der Waals surface area contributed by atoms with Gasteiger partial charge in [0.1, 0.15) is 11.8 Å². The summed E-state index contributed by atoms with van der Waals surface area (Å²) in [7, 11) is 0. The Labute approximate surface area is 140 Å². The summed E-state index contributed by atoms with van der Waals surface area (Å²) in [6.45, 7) is 0.0756. The Kier molecular flexibility index (Phi) is 6.29. The lowest BCUT2D eigenvalue weighted by Crippen LogP contribution is -2.30. The van der Waals surface area contributed by atoms with Gasteiger partial charge in [0.05, 0.1) is 18.8 Å². The molecule has 0 aliphatic rings. The number of hydrogen-bond acceptors (Lipinski definition) is 5. The minimum atomic E-state index is -4.54. The smallest absolute Gasteiger partial charge is 0.394 e. The summed E-state index contributed by atoms with van der Waals surface area (Å²) in [5.74, 6) is -0.552. The van der Waals surface area contributed by atoms with E-state index in [1.165, 1.54) is 11.3 Å². The van der Waals surface area contributed by atoms with Crippen molar-refractivity contribution < 1.29 is 27.8 Å². The Morgan fingerprint density at radius 1 is 1.38 bits per heavy atom. The molecule has 2 rings (SSSR count). The fourth-order valence-corrected chi connectivity index (χ4v) is 2.61. The standard InChI is InChI=1S/C15H15F3N2O3S/c16-15(17,18)13-2-1-10(7-19-13)14(22)20-8-12(23-5-4-21)11-3-6-24-9-11/h1-3,6-7,9,12,21H,4-5,8H2,(H,20,22)/t12-/m1/s1. The molecule has 0 aliphatic carbocycles. The number of rotatable bonds is 7. The number of carbonyl (C=O) groups excluding carboxylic acids is 1. The van der Waals surface area contributed by atoms with Crippen LogP contribution in [0.4, 0.5) is 13.2 Å². The number of alkyl halides is 3. The first kappa shape index (κ1) is 18.4. The highest BCUT2D eigenvalue weighted by Crippen LogP contribution is 2.27. The fourth-order valence-electron chi connectivity index (χ4n) is 1.91. The second kappa shape index (κ2) is 8.22. The number of aromatic nitrogens is 1. The number of nitrogens with one attached hydrogen (secondary N) is 1. The molecule has 1 amide bonds. The van der Waals surface area contributed by atoms with Crippen molar-refractivity contribution in [2.45, 2.75) is 12.3 Å². The summed E-state index contributed by atoms with van der Waals surface area (Å²) < 4.78 is 42.8. The Balaban J connectivity index is 1.97. The van der Waals surface area contributed by atoms with E-state index in [1.807, 2.05) is 16.8 Å². The van der Waals surface area contributed by atoms with Crippen LogP contribution in [0.15, 0.2) is 35.2 Å². The fraction of sp³-hybridized carbons (Fsp3) is 0.333. The molecule has 0 saturated heterocycles. The number of aliphatic hydroxyl groups is 1. The van der Waals surface area contributed by atoms with Crippen molar-refractivity contribution in [1.29, 1.82) is 0 Å².